The van der Waals surface area contributed by atoms with Gasteiger partial charge in [-0.05, 0) is 41.0 Å². The number of aromatic nitrogens is 5. The average molecular weight is 424 g/mol. The lowest BCUT2D eigenvalue weighted by Crippen LogP contribution is -2.51. The van der Waals surface area contributed by atoms with E-state index in [9.17, 15) is 4.79 Å². The van der Waals surface area contributed by atoms with Gasteiger partial charge in [-0.15, -0.1) is 0 Å². The molecule has 3 aromatic rings. The molecule has 2 saturated heterocycles. The number of likely N-dealkylation sites (tertiary alicyclic amines) is 1. The van der Waals surface area contributed by atoms with Gasteiger partial charge in [0.1, 0.15) is 17.0 Å². The van der Waals surface area contributed by atoms with Crippen LogP contribution in [0, 0.1) is 6.92 Å². The SMILES string of the molecule is Cc1c(-c2cn(C3CN(C(=O)OC(C)(C)C)C3)cn2)nc(N2CC[C@@H]2C)c2nccn12. The molecular formula is C22H29N7O2. The molecule has 0 N–H and O–H groups in total. The van der Waals surface area contributed by atoms with Gasteiger partial charge in [0.05, 0.1) is 12.4 Å². The summed E-state index contributed by atoms with van der Waals surface area (Å²) in [5.74, 6) is 0.915. The van der Waals surface area contributed by atoms with E-state index in [-0.39, 0.29) is 12.1 Å². The van der Waals surface area contributed by atoms with Crippen LogP contribution in [0.4, 0.5) is 10.6 Å². The number of rotatable bonds is 3. The maximum absolute atomic E-state index is 12.2. The number of nitrogens with zero attached hydrogens (tertiary/aromatic N) is 7. The van der Waals surface area contributed by atoms with Crippen LogP contribution < -0.4 is 4.90 Å². The first kappa shape index (κ1) is 19.8. The summed E-state index contributed by atoms with van der Waals surface area (Å²) in [6.07, 6.45) is 8.56. The number of carbonyl (C=O) groups excluding carboxylic acids is 1. The minimum absolute atomic E-state index is 0.195. The van der Waals surface area contributed by atoms with E-state index >= 15 is 0 Å². The highest BCUT2D eigenvalue weighted by molar-refractivity contribution is 5.72. The Balaban J connectivity index is 1.38. The molecule has 9 nitrogen and oxygen atoms in total. The van der Waals surface area contributed by atoms with Gasteiger partial charge < -0.3 is 19.1 Å². The molecule has 0 unspecified atom stereocenters. The van der Waals surface area contributed by atoms with Gasteiger partial charge in [0.2, 0.25) is 0 Å². The smallest absolute Gasteiger partial charge is 0.410 e. The molecule has 1 atom stereocenters. The second kappa shape index (κ2) is 6.96. The highest BCUT2D eigenvalue weighted by atomic mass is 16.6. The number of hydrogen-bond donors (Lipinski definition) is 0. The molecule has 5 rings (SSSR count). The monoisotopic (exact) mass is 423 g/mol. The molecule has 31 heavy (non-hydrogen) atoms. The summed E-state index contributed by atoms with van der Waals surface area (Å²) in [6.45, 7) is 12.1. The van der Waals surface area contributed by atoms with Gasteiger partial charge in [0.15, 0.2) is 11.5 Å². The van der Waals surface area contributed by atoms with E-state index in [0.29, 0.717) is 19.1 Å². The Labute approximate surface area is 181 Å². The van der Waals surface area contributed by atoms with E-state index in [4.69, 9.17) is 9.72 Å². The van der Waals surface area contributed by atoms with Crippen molar-refractivity contribution in [2.24, 2.45) is 0 Å². The summed E-state index contributed by atoms with van der Waals surface area (Å²) in [6, 6.07) is 0.663. The lowest BCUT2D eigenvalue weighted by molar-refractivity contribution is 0.00107. The van der Waals surface area contributed by atoms with Crippen molar-refractivity contribution in [2.75, 3.05) is 24.5 Å². The number of amides is 1. The largest absolute Gasteiger partial charge is 0.444 e. The van der Waals surface area contributed by atoms with E-state index < -0.39 is 5.60 Å². The van der Waals surface area contributed by atoms with Gasteiger partial charge in [-0.25, -0.2) is 19.7 Å². The molecule has 0 aromatic carbocycles. The number of hydrogen-bond acceptors (Lipinski definition) is 6. The van der Waals surface area contributed by atoms with Crippen molar-refractivity contribution in [1.82, 2.24) is 28.8 Å². The first-order chi connectivity index (χ1) is 14.7. The molecule has 0 aliphatic carbocycles. The highest BCUT2D eigenvalue weighted by Gasteiger charge is 2.35. The Morgan fingerprint density at radius 1 is 1.23 bits per heavy atom. The van der Waals surface area contributed by atoms with E-state index in [0.717, 1.165) is 35.1 Å². The molecule has 1 amide bonds. The number of anilines is 1. The molecule has 0 spiro atoms. The first-order valence-corrected chi connectivity index (χ1v) is 10.8. The van der Waals surface area contributed by atoms with Gasteiger partial charge in [0, 0.05) is 50.0 Å². The zero-order valence-electron chi connectivity index (χ0n) is 18.7. The van der Waals surface area contributed by atoms with Gasteiger partial charge in [0.25, 0.3) is 0 Å². The topological polar surface area (TPSA) is 80.8 Å². The van der Waals surface area contributed by atoms with Crippen molar-refractivity contribution in [1.29, 1.82) is 0 Å². The van der Waals surface area contributed by atoms with Gasteiger partial charge in [-0.2, -0.15) is 0 Å². The summed E-state index contributed by atoms with van der Waals surface area (Å²) in [7, 11) is 0. The molecular weight excluding hydrogens is 394 g/mol. The van der Waals surface area contributed by atoms with Crippen molar-refractivity contribution in [3.63, 3.8) is 0 Å². The lowest BCUT2D eigenvalue weighted by atomic mass is 10.1. The van der Waals surface area contributed by atoms with Crippen LogP contribution in [0.2, 0.25) is 0 Å². The molecule has 0 radical (unpaired) electrons. The second-order valence-corrected chi connectivity index (χ2v) is 9.57. The van der Waals surface area contributed by atoms with Crippen molar-refractivity contribution < 1.29 is 9.53 Å². The third kappa shape index (κ3) is 3.41. The van der Waals surface area contributed by atoms with Gasteiger partial charge >= 0.3 is 6.09 Å². The third-order valence-corrected chi connectivity index (χ3v) is 6.13. The van der Waals surface area contributed by atoms with Crippen LogP contribution in [0.3, 0.4) is 0 Å². The second-order valence-electron chi connectivity index (χ2n) is 9.57. The van der Waals surface area contributed by atoms with E-state index in [1.54, 1.807) is 4.90 Å². The number of fused-ring (bicyclic) bond motifs is 1. The fraction of sp³-hybridized carbons (Fsp3) is 0.545. The Bertz CT molecular complexity index is 1140. The number of carbonyl (C=O) groups is 1. The Hall–Kier alpha value is -3.10. The predicted octanol–water partition coefficient (Wildman–Crippen LogP) is 3.29. The number of aryl methyl sites for hydroxylation is 1. The van der Waals surface area contributed by atoms with Crippen LogP contribution >= 0.6 is 0 Å². The standard InChI is InChI=1S/C22H29N7O2/c1-14-6-8-28(14)20-19-23-7-9-29(19)15(2)18(25-20)17-12-27(13-24-17)16-10-26(11-16)21(30)31-22(3,4)5/h7,9,12-14,16H,6,8,10-11H2,1-5H3/t14-/m0/s1. The maximum atomic E-state index is 12.2. The molecule has 9 heteroatoms. The number of imidazole rings is 2. The normalized spacial score (nSPS) is 19.5. The summed E-state index contributed by atoms with van der Waals surface area (Å²) < 4.78 is 9.61. The molecule has 5 heterocycles. The van der Waals surface area contributed by atoms with Crippen LogP contribution in [0.1, 0.15) is 45.9 Å². The molecule has 0 saturated carbocycles. The van der Waals surface area contributed by atoms with Gasteiger partial charge in [-0.3, -0.25) is 4.40 Å². The molecule has 2 fully saturated rings. The van der Waals surface area contributed by atoms with Crippen LogP contribution in [-0.2, 0) is 4.74 Å². The fourth-order valence-electron chi connectivity index (χ4n) is 4.13. The maximum Gasteiger partial charge on any atom is 0.410 e. The molecule has 3 aromatic heterocycles. The molecule has 2 aliphatic heterocycles. The summed E-state index contributed by atoms with van der Waals surface area (Å²) in [4.78, 5) is 30.4. The molecule has 0 bridgehead atoms. The van der Waals surface area contributed by atoms with Crippen LogP contribution in [0.5, 0.6) is 0 Å². The summed E-state index contributed by atoms with van der Waals surface area (Å²) >= 11 is 0. The van der Waals surface area contributed by atoms with Crippen molar-refractivity contribution in [2.45, 2.75) is 58.7 Å². The zero-order chi connectivity index (χ0) is 21.9. The minimum atomic E-state index is -0.481. The number of ether oxygens (including phenoxy) is 1. The van der Waals surface area contributed by atoms with Crippen LogP contribution in [-0.4, -0.2) is 66.2 Å². The lowest BCUT2D eigenvalue weighted by Gasteiger charge is -2.40. The van der Waals surface area contributed by atoms with Crippen molar-refractivity contribution in [3.8, 4) is 11.4 Å². The zero-order valence-corrected chi connectivity index (χ0v) is 18.7. The first-order valence-electron chi connectivity index (χ1n) is 10.8. The minimum Gasteiger partial charge on any atom is -0.444 e. The highest BCUT2D eigenvalue weighted by Crippen LogP contribution is 2.32. The van der Waals surface area contributed by atoms with Gasteiger partial charge in [-0.1, -0.05) is 0 Å². The van der Waals surface area contributed by atoms with E-state index in [1.165, 1.54) is 6.42 Å². The van der Waals surface area contributed by atoms with Crippen LogP contribution in [0.25, 0.3) is 17.0 Å². The molecule has 164 valence electrons. The fourth-order valence-corrected chi connectivity index (χ4v) is 4.13. The van der Waals surface area contributed by atoms with Crippen molar-refractivity contribution in [3.05, 3.63) is 30.6 Å². The summed E-state index contributed by atoms with van der Waals surface area (Å²) in [5, 5.41) is 0. The quantitative estimate of drug-likeness (QED) is 0.643. The third-order valence-electron chi connectivity index (χ3n) is 6.13. The van der Waals surface area contributed by atoms with Crippen LogP contribution in [0.15, 0.2) is 24.9 Å². The van der Waals surface area contributed by atoms with E-state index in [1.807, 2.05) is 52.6 Å². The average Bonchev–Trinajstić information content (AvgIpc) is 3.30. The van der Waals surface area contributed by atoms with E-state index in [2.05, 4.69) is 30.8 Å². The Kier molecular flexibility index (Phi) is 4.46. The van der Waals surface area contributed by atoms with Crippen molar-refractivity contribution >= 4 is 17.6 Å². The Morgan fingerprint density at radius 3 is 2.65 bits per heavy atom. The molecule has 2 aliphatic rings. The summed E-state index contributed by atoms with van der Waals surface area (Å²) in [5.41, 5.74) is 3.11. The Morgan fingerprint density at radius 2 is 2.00 bits per heavy atom. The predicted molar refractivity (Wildman–Crippen MR) is 117 cm³/mol.